The molecule has 0 unspecified atom stereocenters. The lowest BCUT2D eigenvalue weighted by Crippen LogP contribution is -2.42. The smallest absolute Gasteiger partial charge is 0.305 e. The summed E-state index contributed by atoms with van der Waals surface area (Å²) in [4.78, 5) is 21.8. The van der Waals surface area contributed by atoms with Crippen molar-refractivity contribution in [3.8, 4) is 0 Å². The third-order valence-electron chi connectivity index (χ3n) is 3.68. The third kappa shape index (κ3) is 15.6. The van der Waals surface area contributed by atoms with Gasteiger partial charge in [-0.2, -0.15) is 0 Å². The average Bonchev–Trinajstić information content (AvgIpc) is 2.62. The van der Waals surface area contributed by atoms with Crippen molar-refractivity contribution in [1.82, 2.24) is 0 Å². The Morgan fingerprint density at radius 1 is 0.778 bits per heavy atom. The molecule has 27 heavy (non-hydrogen) atoms. The number of ether oxygens (including phenoxy) is 4. The van der Waals surface area contributed by atoms with Gasteiger partial charge in [-0.05, 0) is 32.9 Å². The van der Waals surface area contributed by atoms with Gasteiger partial charge in [-0.1, -0.05) is 0 Å². The van der Waals surface area contributed by atoms with Crippen molar-refractivity contribution in [2.75, 3.05) is 65.9 Å². The van der Waals surface area contributed by atoms with Gasteiger partial charge >= 0.3 is 5.97 Å². The predicted molar refractivity (Wildman–Crippen MR) is 101 cm³/mol. The monoisotopic (exact) mass is 392 g/mol. The Balaban J connectivity index is 4.78. The zero-order valence-electron chi connectivity index (χ0n) is 16.5. The molecule has 5 N–H and O–H groups in total. The number of rotatable bonds is 20. The molecule has 0 amide bonds. The van der Waals surface area contributed by atoms with Crippen molar-refractivity contribution in [3.63, 3.8) is 0 Å². The fourth-order valence-electron chi connectivity index (χ4n) is 2.15. The van der Waals surface area contributed by atoms with Gasteiger partial charge in [-0.15, -0.1) is 0 Å². The summed E-state index contributed by atoms with van der Waals surface area (Å²) in [5.41, 5.74) is 10.4. The molecule has 0 aliphatic carbocycles. The van der Waals surface area contributed by atoms with E-state index in [2.05, 4.69) is 0 Å². The summed E-state index contributed by atoms with van der Waals surface area (Å²) in [6.45, 7) is 5.13. The molecular formula is C18H36N2O7. The fraction of sp³-hybridized carbons (Fsp3) is 0.889. The molecule has 0 aromatic carbocycles. The lowest BCUT2D eigenvalue weighted by molar-refractivity contribution is -0.140. The van der Waals surface area contributed by atoms with Crippen LogP contribution in [0.5, 0.6) is 0 Å². The summed E-state index contributed by atoms with van der Waals surface area (Å²) < 4.78 is 22.7. The van der Waals surface area contributed by atoms with Gasteiger partial charge in [-0.25, -0.2) is 0 Å². The van der Waals surface area contributed by atoms with Gasteiger partial charge in [0.05, 0.1) is 51.5 Å². The summed E-state index contributed by atoms with van der Waals surface area (Å²) >= 11 is 0. The third-order valence-corrected chi connectivity index (χ3v) is 3.68. The van der Waals surface area contributed by atoms with E-state index in [1.807, 2.05) is 0 Å². The van der Waals surface area contributed by atoms with E-state index in [1.54, 1.807) is 0 Å². The lowest BCUT2D eigenvalue weighted by Gasteiger charge is -2.33. The second-order valence-corrected chi connectivity index (χ2v) is 6.59. The highest BCUT2D eigenvalue weighted by atomic mass is 16.5. The van der Waals surface area contributed by atoms with Gasteiger partial charge in [0.2, 0.25) is 0 Å². The maximum Gasteiger partial charge on any atom is 0.305 e. The summed E-state index contributed by atoms with van der Waals surface area (Å²) in [7, 11) is 0. The van der Waals surface area contributed by atoms with Crippen LogP contribution in [0.25, 0.3) is 0 Å². The molecule has 0 aliphatic rings. The van der Waals surface area contributed by atoms with E-state index in [0.29, 0.717) is 52.5 Å². The number of carbonyl (C=O) groups is 2. The molecule has 0 aromatic heterocycles. The Kier molecular flexibility index (Phi) is 16.3. The largest absolute Gasteiger partial charge is 0.481 e. The quantitative estimate of drug-likeness (QED) is 0.247. The first-order chi connectivity index (χ1) is 13.0. The van der Waals surface area contributed by atoms with Crippen LogP contribution < -0.4 is 11.5 Å². The minimum absolute atomic E-state index is 0.0525. The number of carboxylic acid groups (broad SMARTS) is 1. The van der Waals surface area contributed by atoms with Crippen LogP contribution in [0.1, 0.15) is 32.6 Å². The SMILES string of the molecule is CC(=O)CCOCC(COCCCN)(COCCCN)COCCC(=O)O. The van der Waals surface area contributed by atoms with Crippen LogP contribution in [0, 0.1) is 5.41 Å². The standard InChI is InChI=1S/C18H36N2O7/c1-16(21)4-10-26-14-18(12-24-8-2-6-19,13-25-9-3-7-20)15-27-11-5-17(22)23/h2-15,19-20H2,1H3,(H,22,23). The van der Waals surface area contributed by atoms with E-state index in [9.17, 15) is 9.59 Å². The van der Waals surface area contributed by atoms with E-state index < -0.39 is 11.4 Å². The highest BCUT2D eigenvalue weighted by molar-refractivity contribution is 5.75. The number of ketones is 1. The number of Topliss-reactive ketones (excluding diaryl/α,β-unsaturated/α-hetero) is 1. The summed E-state index contributed by atoms with van der Waals surface area (Å²) in [6.07, 6.45) is 1.71. The van der Waals surface area contributed by atoms with Crippen molar-refractivity contribution < 1.29 is 33.6 Å². The topological polar surface area (TPSA) is 143 Å². The van der Waals surface area contributed by atoms with Crippen LogP contribution >= 0.6 is 0 Å². The van der Waals surface area contributed by atoms with Crippen molar-refractivity contribution >= 4 is 11.8 Å². The number of hydrogen-bond acceptors (Lipinski definition) is 8. The zero-order valence-corrected chi connectivity index (χ0v) is 16.5. The van der Waals surface area contributed by atoms with Crippen LogP contribution in [0.15, 0.2) is 0 Å². The van der Waals surface area contributed by atoms with Crippen molar-refractivity contribution in [2.45, 2.75) is 32.6 Å². The molecule has 160 valence electrons. The van der Waals surface area contributed by atoms with Crippen molar-refractivity contribution in [2.24, 2.45) is 16.9 Å². The maximum atomic E-state index is 11.1. The number of carbonyl (C=O) groups excluding carboxylic acids is 1. The minimum Gasteiger partial charge on any atom is -0.481 e. The van der Waals surface area contributed by atoms with Gasteiger partial charge in [-0.3, -0.25) is 9.59 Å². The molecule has 0 spiro atoms. The number of carboxylic acids is 1. The first kappa shape index (κ1) is 25.9. The first-order valence-electron chi connectivity index (χ1n) is 9.38. The average molecular weight is 392 g/mol. The fourth-order valence-corrected chi connectivity index (χ4v) is 2.15. The molecule has 0 rings (SSSR count). The molecular weight excluding hydrogens is 356 g/mol. The maximum absolute atomic E-state index is 11.1. The molecule has 0 radical (unpaired) electrons. The highest BCUT2D eigenvalue weighted by Crippen LogP contribution is 2.21. The molecule has 0 aliphatic heterocycles. The van der Waals surface area contributed by atoms with E-state index in [0.717, 1.165) is 12.8 Å². The second-order valence-electron chi connectivity index (χ2n) is 6.59. The summed E-state index contributed by atoms with van der Waals surface area (Å²) in [5, 5.41) is 8.76. The Labute approximate surface area is 161 Å². The van der Waals surface area contributed by atoms with Crippen LogP contribution in [0.4, 0.5) is 0 Å². The van der Waals surface area contributed by atoms with Gasteiger partial charge in [0.25, 0.3) is 0 Å². The van der Waals surface area contributed by atoms with Crippen LogP contribution in [-0.4, -0.2) is 82.8 Å². The molecule has 9 nitrogen and oxygen atoms in total. The molecule has 0 aromatic rings. The van der Waals surface area contributed by atoms with Crippen molar-refractivity contribution in [1.29, 1.82) is 0 Å². The molecule has 0 atom stereocenters. The molecule has 0 heterocycles. The van der Waals surface area contributed by atoms with Crippen molar-refractivity contribution in [3.05, 3.63) is 0 Å². The van der Waals surface area contributed by atoms with Gasteiger partial charge in [0, 0.05) is 19.6 Å². The normalized spacial score (nSPS) is 11.7. The van der Waals surface area contributed by atoms with Crippen LogP contribution in [-0.2, 0) is 28.5 Å². The van der Waals surface area contributed by atoms with Gasteiger partial charge in [0.15, 0.2) is 0 Å². The van der Waals surface area contributed by atoms with Crippen LogP contribution in [0.3, 0.4) is 0 Å². The molecule has 0 fully saturated rings. The second kappa shape index (κ2) is 17.0. The number of aliphatic carboxylic acids is 1. The molecule has 0 bridgehead atoms. The predicted octanol–water partition coefficient (Wildman–Crippen LogP) is 0.191. The van der Waals surface area contributed by atoms with Gasteiger partial charge in [0.1, 0.15) is 5.78 Å². The van der Waals surface area contributed by atoms with E-state index in [4.69, 9.17) is 35.5 Å². The molecule has 0 saturated carbocycles. The van der Waals surface area contributed by atoms with Crippen LogP contribution in [0.2, 0.25) is 0 Å². The summed E-state index contributed by atoms with van der Waals surface area (Å²) in [6, 6.07) is 0. The molecule has 0 saturated heterocycles. The number of hydrogen-bond donors (Lipinski definition) is 3. The molecule has 9 heteroatoms. The Morgan fingerprint density at radius 2 is 1.19 bits per heavy atom. The van der Waals surface area contributed by atoms with E-state index in [-0.39, 0.29) is 32.0 Å². The number of nitrogens with two attached hydrogens (primary N) is 2. The Morgan fingerprint density at radius 3 is 1.56 bits per heavy atom. The summed E-state index contributed by atoms with van der Waals surface area (Å²) in [5.74, 6) is -0.867. The Bertz CT molecular complexity index is 358. The van der Waals surface area contributed by atoms with E-state index in [1.165, 1.54) is 6.92 Å². The first-order valence-corrected chi connectivity index (χ1v) is 9.38. The van der Waals surface area contributed by atoms with Gasteiger partial charge < -0.3 is 35.5 Å². The zero-order chi connectivity index (χ0) is 20.4. The lowest BCUT2D eigenvalue weighted by atomic mass is 9.92. The Hall–Kier alpha value is -1.10. The van der Waals surface area contributed by atoms with E-state index >= 15 is 0 Å². The minimum atomic E-state index is -0.920. The highest BCUT2D eigenvalue weighted by Gasteiger charge is 2.32.